The van der Waals surface area contributed by atoms with E-state index in [0.717, 1.165) is 25.7 Å². The van der Waals surface area contributed by atoms with E-state index in [2.05, 4.69) is 16.0 Å². The number of unbranched alkanes of at least 4 members (excludes halogenated alkanes) is 2. The first kappa shape index (κ1) is 20.7. The van der Waals surface area contributed by atoms with E-state index in [4.69, 9.17) is 0 Å². The van der Waals surface area contributed by atoms with E-state index in [0.29, 0.717) is 13.0 Å². The molecular formula is C16H31N3O3. The normalized spacial score (nSPS) is 13.5. The van der Waals surface area contributed by atoms with E-state index in [1.54, 1.807) is 7.05 Å². The van der Waals surface area contributed by atoms with Gasteiger partial charge in [0.25, 0.3) is 0 Å². The fourth-order valence-electron chi connectivity index (χ4n) is 2.30. The lowest BCUT2D eigenvalue weighted by atomic mass is 10.0. The van der Waals surface area contributed by atoms with E-state index in [1.165, 1.54) is 6.92 Å². The summed E-state index contributed by atoms with van der Waals surface area (Å²) in [6.45, 7) is 3.96. The summed E-state index contributed by atoms with van der Waals surface area (Å²) in [6, 6.07) is -0.456. The lowest BCUT2D eigenvalue weighted by Gasteiger charge is -2.14. The van der Waals surface area contributed by atoms with E-state index < -0.39 is 6.04 Å². The van der Waals surface area contributed by atoms with Gasteiger partial charge in [-0.2, -0.15) is 0 Å². The third kappa shape index (κ3) is 8.89. The molecule has 0 saturated carbocycles. The third-order valence-corrected chi connectivity index (χ3v) is 3.81. The molecule has 128 valence electrons. The average molecular weight is 313 g/mol. The molecule has 0 bridgehead atoms. The highest BCUT2D eigenvalue weighted by atomic mass is 16.2. The fourth-order valence-corrected chi connectivity index (χ4v) is 2.30. The Hall–Kier alpha value is -1.27. The van der Waals surface area contributed by atoms with Crippen LogP contribution < -0.4 is 16.0 Å². The van der Waals surface area contributed by atoms with Crippen LogP contribution in [0.5, 0.6) is 0 Å². The first-order chi connectivity index (χ1) is 10.5. The lowest BCUT2D eigenvalue weighted by Crippen LogP contribution is -2.38. The van der Waals surface area contributed by atoms with Crippen LogP contribution in [0.2, 0.25) is 0 Å². The van der Waals surface area contributed by atoms with Gasteiger partial charge >= 0.3 is 0 Å². The van der Waals surface area contributed by atoms with Crippen LogP contribution in [0.3, 0.4) is 0 Å². The molecule has 0 aromatic heterocycles. The first-order valence-electron chi connectivity index (χ1n) is 8.10. The summed E-state index contributed by atoms with van der Waals surface area (Å²) in [7, 11) is 3.49. The van der Waals surface area contributed by atoms with Crippen molar-refractivity contribution in [3.63, 3.8) is 0 Å². The summed E-state index contributed by atoms with van der Waals surface area (Å²) in [5.74, 6) is 0.110. The molecule has 1 amide bonds. The molecule has 6 heteroatoms. The maximum Gasteiger partial charge on any atom is 0.222 e. The summed E-state index contributed by atoms with van der Waals surface area (Å²) in [6.07, 6.45) is 4.39. The second-order valence-electron chi connectivity index (χ2n) is 5.52. The topological polar surface area (TPSA) is 87.3 Å². The van der Waals surface area contributed by atoms with Crippen LogP contribution in [-0.4, -0.2) is 50.2 Å². The van der Waals surface area contributed by atoms with Gasteiger partial charge in [0, 0.05) is 19.4 Å². The summed E-state index contributed by atoms with van der Waals surface area (Å²) in [4.78, 5) is 34.5. The van der Waals surface area contributed by atoms with Gasteiger partial charge < -0.3 is 16.0 Å². The van der Waals surface area contributed by atoms with Gasteiger partial charge in [0.2, 0.25) is 5.91 Å². The number of Topliss-reactive ketones (excluding diaryl/α,β-unsaturated/α-hetero) is 2. The highest BCUT2D eigenvalue weighted by Gasteiger charge is 2.16. The van der Waals surface area contributed by atoms with Crippen LogP contribution in [0.25, 0.3) is 0 Å². The summed E-state index contributed by atoms with van der Waals surface area (Å²) in [5, 5.41) is 8.70. The van der Waals surface area contributed by atoms with Crippen LogP contribution >= 0.6 is 0 Å². The maximum atomic E-state index is 11.7. The Morgan fingerprint density at radius 1 is 0.955 bits per heavy atom. The number of amides is 1. The summed E-state index contributed by atoms with van der Waals surface area (Å²) >= 11 is 0. The van der Waals surface area contributed by atoms with Crippen LogP contribution in [0.1, 0.15) is 52.4 Å². The Morgan fingerprint density at radius 2 is 1.59 bits per heavy atom. The molecule has 6 nitrogen and oxygen atoms in total. The Morgan fingerprint density at radius 3 is 2.09 bits per heavy atom. The van der Waals surface area contributed by atoms with Crippen LogP contribution in [0.4, 0.5) is 0 Å². The molecule has 0 aliphatic heterocycles. The van der Waals surface area contributed by atoms with Crippen molar-refractivity contribution in [3.8, 4) is 0 Å². The second kappa shape index (κ2) is 12.3. The molecule has 0 aliphatic carbocycles. The standard InChI is InChI=1S/C16H31N3O3/c1-5-15(21)13(17-3)9-7-6-8-10-19-16(22)11-14(18-4)12(2)20/h13-14,17-18H,5-11H2,1-4H3,(H,19,22)/t13-,14-/m0/s1. The predicted octanol–water partition coefficient (Wildman–Crippen LogP) is 0.797. The number of carbonyl (C=O) groups is 3. The molecule has 0 spiro atoms. The van der Waals surface area contributed by atoms with Gasteiger partial charge in [0.15, 0.2) is 0 Å². The number of rotatable bonds is 13. The van der Waals surface area contributed by atoms with Crippen molar-refractivity contribution in [2.45, 2.75) is 64.5 Å². The van der Waals surface area contributed by atoms with E-state index in [1.807, 2.05) is 14.0 Å². The number of hydrogen-bond donors (Lipinski definition) is 3. The zero-order valence-electron chi connectivity index (χ0n) is 14.3. The van der Waals surface area contributed by atoms with E-state index >= 15 is 0 Å². The van der Waals surface area contributed by atoms with Gasteiger partial charge in [-0.3, -0.25) is 14.4 Å². The zero-order valence-corrected chi connectivity index (χ0v) is 14.3. The van der Waals surface area contributed by atoms with Gasteiger partial charge in [-0.05, 0) is 33.9 Å². The van der Waals surface area contributed by atoms with Crippen molar-refractivity contribution in [2.24, 2.45) is 0 Å². The fraction of sp³-hybridized carbons (Fsp3) is 0.812. The minimum absolute atomic E-state index is 0.0312. The van der Waals surface area contributed by atoms with Gasteiger partial charge in [0.05, 0.1) is 12.1 Å². The first-order valence-corrected chi connectivity index (χ1v) is 8.10. The van der Waals surface area contributed by atoms with Gasteiger partial charge in [-0.1, -0.05) is 19.8 Å². The SMILES string of the molecule is CCC(=O)[C@H](CCCCCNC(=O)C[C@H](NC)C(C)=O)NC. The minimum Gasteiger partial charge on any atom is -0.356 e. The van der Waals surface area contributed by atoms with Crippen molar-refractivity contribution in [1.82, 2.24) is 16.0 Å². The monoisotopic (exact) mass is 313 g/mol. The Labute approximate surface area is 133 Å². The molecule has 0 aliphatic rings. The molecule has 0 unspecified atom stereocenters. The minimum atomic E-state index is -0.406. The molecule has 0 heterocycles. The van der Waals surface area contributed by atoms with Crippen LogP contribution in [-0.2, 0) is 14.4 Å². The smallest absolute Gasteiger partial charge is 0.222 e. The molecule has 22 heavy (non-hydrogen) atoms. The maximum absolute atomic E-state index is 11.7. The van der Waals surface area contributed by atoms with Crippen molar-refractivity contribution < 1.29 is 14.4 Å². The Bertz CT molecular complexity index is 359. The lowest BCUT2D eigenvalue weighted by molar-refractivity contribution is -0.126. The Balaban J connectivity index is 3.74. The largest absolute Gasteiger partial charge is 0.356 e. The number of likely N-dealkylation sites (N-methyl/N-ethyl adjacent to an activating group) is 2. The number of carbonyl (C=O) groups excluding carboxylic acids is 3. The molecule has 0 aromatic carbocycles. The summed E-state index contributed by atoms with van der Waals surface area (Å²) < 4.78 is 0. The number of nitrogens with one attached hydrogen (secondary N) is 3. The summed E-state index contributed by atoms with van der Waals surface area (Å²) in [5.41, 5.74) is 0. The number of hydrogen-bond acceptors (Lipinski definition) is 5. The van der Waals surface area contributed by atoms with Gasteiger partial charge in [-0.15, -0.1) is 0 Å². The molecular weight excluding hydrogens is 282 g/mol. The predicted molar refractivity (Wildman–Crippen MR) is 87.8 cm³/mol. The average Bonchev–Trinajstić information content (AvgIpc) is 2.50. The van der Waals surface area contributed by atoms with Crippen LogP contribution in [0, 0.1) is 0 Å². The van der Waals surface area contributed by atoms with Crippen molar-refractivity contribution >= 4 is 17.5 Å². The van der Waals surface area contributed by atoms with Crippen LogP contribution in [0.15, 0.2) is 0 Å². The molecule has 2 atom stereocenters. The van der Waals surface area contributed by atoms with Gasteiger partial charge in [-0.25, -0.2) is 0 Å². The Kier molecular flexibility index (Phi) is 11.6. The second-order valence-corrected chi connectivity index (χ2v) is 5.52. The molecule has 0 rings (SSSR count). The highest BCUT2D eigenvalue weighted by molar-refractivity contribution is 5.88. The zero-order chi connectivity index (χ0) is 17.0. The highest BCUT2D eigenvalue weighted by Crippen LogP contribution is 2.05. The van der Waals surface area contributed by atoms with Crippen molar-refractivity contribution in [3.05, 3.63) is 0 Å². The molecule has 0 fully saturated rings. The van der Waals surface area contributed by atoms with E-state index in [-0.39, 0.29) is 29.9 Å². The third-order valence-electron chi connectivity index (χ3n) is 3.81. The van der Waals surface area contributed by atoms with Crippen molar-refractivity contribution in [2.75, 3.05) is 20.6 Å². The van der Waals surface area contributed by atoms with E-state index in [9.17, 15) is 14.4 Å². The van der Waals surface area contributed by atoms with Crippen molar-refractivity contribution in [1.29, 1.82) is 0 Å². The molecule has 0 saturated heterocycles. The molecule has 3 N–H and O–H groups in total. The molecule has 0 aromatic rings. The molecule has 0 radical (unpaired) electrons. The number of ketones is 2. The quantitative estimate of drug-likeness (QED) is 0.438. The van der Waals surface area contributed by atoms with Gasteiger partial charge in [0.1, 0.15) is 11.6 Å².